The maximum Gasteiger partial charge on any atom is 0.106 e. The first-order valence-electron chi connectivity index (χ1n) is 6.54. The first-order valence-corrected chi connectivity index (χ1v) is 6.54. The summed E-state index contributed by atoms with van der Waals surface area (Å²) in [6.45, 7) is 6.89. The first-order chi connectivity index (χ1) is 7.83. The Morgan fingerprint density at radius 3 is 2.35 bits per heavy atom. The van der Waals surface area contributed by atoms with Crippen molar-refractivity contribution in [3.63, 3.8) is 0 Å². The number of nitrogens with zero attached hydrogens (tertiary/aromatic N) is 2. The van der Waals surface area contributed by atoms with Gasteiger partial charge in [-0.15, -0.1) is 0 Å². The lowest BCUT2D eigenvalue weighted by Gasteiger charge is -2.41. The molecule has 1 N–H and O–H groups in total. The van der Waals surface area contributed by atoms with Crippen LogP contribution in [0.5, 0.6) is 0 Å². The van der Waals surface area contributed by atoms with Gasteiger partial charge in [-0.2, -0.15) is 5.10 Å². The van der Waals surface area contributed by atoms with Gasteiger partial charge >= 0.3 is 0 Å². The van der Waals surface area contributed by atoms with Crippen LogP contribution in [0.2, 0.25) is 0 Å². The minimum Gasteiger partial charge on any atom is -0.384 e. The third-order valence-corrected chi connectivity index (χ3v) is 4.34. The van der Waals surface area contributed by atoms with Crippen molar-refractivity contribution in [3.05, 3.63) is 18.0 Å². The highest BCUT2D eigenvalue weighted by Crippen LogP contribution is 2.45. The summed E-state index contributed by atoms with van der Waals surface area (Å²) in [5.41, 5.74) is 0.658. The van der Waals surface area contributed by atoms with Crippen LogP contribution in [0.4, 0.5) is 0 Å². The Bertz CT molecular complexity index is 381. The Balaban J connectivity index is 2.11. The minimum absolute atomic E-state index is 0.355. The predicted molar refractivity (Wildman–Crippen MR) is 68.5 cm³/mol. The Labute approximate surface area is 104 Å². The van der Waals surface area contributed by atoms with Crippen LogP contribution in [0.1, 0.15) is 52.1 Å². The first kappa shape index (κ1) is 12.6. The molecule has 0 atom stereocenters. The van der Waals surface area contributed by atoms with Gasteiger partial charge in [0.2, 0.25) is 0 Å². The molecule has 2 rings (SSSR count). The van der Waals surface area contributed by atoms with Gasteiger partial charge in [0.05, 0.1) is 5.69 Å². The molecule has 1 aromatic rings. The standard InChI is InChI=1S/C14H24N2O/c1-13(2,3)11-5-8-14(17,9-6-11)12-7-10-15-16(12)4/h7,10-11,17H,5-6,8-9H2,1-4H3. The summed E-state index contributed by atoms with van der Waals surface area (Å²) in [6, 6.07) is 1.94. The second-order valence-electron chi connectivity index (χ2n) is 6.51. The van der Waals surface area contributed by atoms with Crippen molar-refractivity contribution in [1.82, 2.24) is 9.78 Å². The van der Waals surface area contributed by atoms with E-state index in [1.54, 1.807) is 10.9 Å². The normalized spacial score (nSPS) is 30.5. The molecule has 1 saturated carbocycles. The van der Waals surface area contributed by atoms with E-state index in [4.69, 9.17) is 0 Å². The maximum atomic E-state index is 10.7. The fraction of sp³-hybridized carbons (Fsp3) is 0.786. The molecular weight excluding hydrogens is 212 g/mol. The Morgan fingerprint density at radius 1 is 1.35 bits per heavy atom. The molecule has 0 aliphatic heterocycles. The lowest BCUT2D eigenvalue weighted by atomic mass is 9.68. The van der Waals surface area contributed by atoms with Gasteiger partial charge in [-0.05, 0) is 43.1 Å². The molecule has 1 aliphatic carbocycles. The van der Waals surface area contributed by atoms with E-state index in [1.807, 2.05) is 13.1 Å². The van der Waals surface area contributed by atoms with E-state index >= 15 is 0 Å². The van der Waals surface area contributed by atoms with Gasteiger partial charge in [0.25, 0.3) is 0 Å². The number of hydrogen-bond acceptors (Lipinski definition) is 2. The van der Waals surface area contributed by atoms with E-state index in [2.05, 4.69) is 25.9 Å². The maximum absolute atomic E-state index is 10.7. The summed E-state index contributed by atoms with van der Waals surface area (Å²) >= 11 is 0. The summed E-state index contributed by atoms with van der Waals surface area (Å²) < 4.78 is 1.80. The Hall–Kier alpha value is -0.830. The van der Waals surface area contributed by atoms with E-state index in [-0.39, 0.29) is 0 Å². The SMILES string of the molecule is Cn1nccc1C1(O)CCC(C(C)(C)C)CC1. The zero-order chi connectivity index (χ0) is 12.7. The van der Waals surface area contributed by atoms with Crippen LogP contribution in [0.3, 0.4) is 0 Å². The predicted octanol–water partition coefficient (Wildman–Crippen LogP) is 2.84. The van der Waals surface area contributed by atoms with Crippen LogP contribution in [0.15, 0.2) is 12.3 Å². The third kappa shape index (κ3) is 2.39. The highest BCUT2D eigenvalue weighted by molar-refractivity contribution is 5.13. The van der Waals surface area contributed by atoms with Crippen molar-refractivity contribution in [2.24, 2.45) is 18.4 Å². The van der Waals surface area contributed by atoms with Gasteiger partial charge in [-0.1, -0.05) is 20.8 Å². The molecule has 0 bridgehead atoms. The van der Waals surface area contributed by atoms with Crippen molar-refractivity contribution in [2.45, 2.75) is 52.1 Å². The number of rotatable bonds is 1. The fourth-order valence-electron chi connectivity index (χ4n) is 3.05. The lowest BCUT2D eigenvalue weighted by Crippen LogP contribution is -2.36. The van der Waals surface area contributed by atoms with Crippen molar-refractivity contribution in [2.75, 3.05) is 0 Å². The summed E-state index contributed by atoms with van der Waals surface area (Å²) in [6.07, 6.45) is 5.68. The van der Waals surface area contributed by atoms with E-state index in [0.29, 0.717) is 5.41 Å². The molecule has 1 aromatic heterocycles. The van der Waals surface area contributed by atoms with Crippen LogP contribution < -0.4 is 0 Å². The number of hydrogen-bond donors (Lipinski definition) is 1. The summed E-state index contributed by atoms with van der Waals surface area (Å²) in [7, 11) is 1.91. The van der Waals surface area contributed by atoms with Crippen molar-refractivity contribution < 1.29 is 5.11 Å². The van der Waals surface area contributed by atoms with Crippen LogP contribution in [-0.2, 0) is 12.6 Å². The molecule has 0 aromatic carbocycles. The molecule has 96 valence electrons. The molecule has 0 unspecified atom stereocenters. The number of aliphatic hydroxyl groups is 1. The number of aromatic nitrogens is 2. The average molecular weight is 236 g/mol. The molecule has 0 spiro atoms. The highest BCUT2D eigenvalue weighted by Gasteiger charge is 2.39. The zero-order valence-electron chi connectivity index (χ0n) is 11.4. The molecule has 0 saturated heterocycles. The van der Waals surface area contributed by atoms with Gasteiger partial charge in [0, 0.05) is 13.2 Å². The van der Waals surface area contributed by atoms with Crippen molar-refractivity contribution in [1.29, 1.82) is 0 Å². The fourth-order valence-corrected chi connectivity index (χ4v) is 3.05. The van der Waals surface area contributed by atoms with Crippen LogP contribution in [-0.4, -0.2) is 14.9 Å². The molecule has 1 heterocycles. The van der Waals surface area contributed by atoms with Crippen LogP contribution >= 0.6 is 0 Å². The average Bonchev–Trinajstić information content (AvgIpc) is 2.64. The Kier molecular flexibility index (Phi) is 3.06. The zero-order valence-corrected chi connectivity index (χ0v) is 11.4. The molecule has 3 heteroatoms. The monoisotopic (exact) mass is 236 g/mol. The van der Waals surface area contributed by atoms with Gasteiger partial charge in [0.15, 0.2) is 0 Å². The summed E-state index contributed by atoms with van der Waals surface area (Å²) in [4.78, 5) is 0. The van der Waals surface area contributed by atoms with Gasteiger partial charge < -0.3 is 5.11 Å². The van der Waals surface area contributed by atoms with Gasteiger partial charge in [-0.25, -0.2) is 0 Å². The third-order valence-electron chi connectivity index (χ3n) is 4.34. The van der Waals surface area contributed by atoms with Crippen molar-refractivity contribution >= 4 is 0 Å². The van der Waals surface area contributed by atoms with E-state index in [9.17, 15) is 5.11 Å². The smallest absolute Gasteiger partial charge is 0.106 e. The molecule has 0 radical (unpaired) electrons. The van der Waals surface area contributed by atoms with E-state index in [1.165, 1.54) is 0 Å². The lowest BCUT2D eigenvalue weighted by molar-refractivity contribution is -0.0357. The molecule has 17 heavy (non-hydrogen) atoms. The number of aryl methyl sites for hydroxylation is 1. The second-order valence-corrected chi connectivity index (χ2v) is 6.51. The van der Waals surface area contributed by atoms with Crippen molar-refractivity contribution in [3.8, 4) is 0 Å². The Morgan fingerprint density at radius 2 is 1.94 bits per heavy atom. The molecule has 1 fully saturated rings. The quantitative estimate of drug-likeness (QED) is 0.814. The van der Waals surface area contributed by atoms with Gasteiger partial charge in [-0.3, -0.25) is 4.68 Å². The minimum atomic E-state index is -0.660. The topological polar surface area (TPSA) is 38.0 Å². The van der Waals surface area contributed by atoms with E-state index < -0.39 is 5.60 Å². The molecular formula is C14H24N2O. The van der Waals surface area contributed by atoms with Gasteiger partial charge in [0.1, 0.15) is 5.60 Å². The molecule has 1 aliphatic rings. The highest BCUT2D eigenvalue weighted by atomic mass is 16.3. The summed E-state index contributed by atoms with van der Waals surface area (Å²) in [5.74, 6) is 0.719. The second kappa shape index (κ2) is 4.13. The molecule has 0 amide bonds. The van der Waals surface area contributed by atoms with Crippen LogP contribution in [0.25, 0.3) is 0 Å². The van der Waals surface area contributed by atoms with E-state index in [0.717, 1.165) is 37.3 Å². The largest absolute Gasteiger partial charge is 0.384 e. The summed E-state index contributed by atoms with van der Waals surface area (Å²) in [5, 5.41) is 14.9. The molecule has 3 nitrogen and oxygen atoms in total. The van der Waals surface area contributed by atoms with Crippen LogP contribution in [0, 0.1) is 11.3 Å².